The first-order chi connectivity index (χ1) is 22.3. The fraction of sp³-hybridized carbons (Fsp3) is 0.448. The SMILES string of the molecule is Cc1ncsc1-c1ccc(CNC(=O)[C@@H]2C[C@@H](O)CN2C(=O)[C@H](NC(=O)c2cn(CC(=O)O)nn2)C(C)(C)C)cc1.O=C(O)C(F)(F)F. The quantitative estimate of drug-likeness (QED) is 0.217. The van der Waals surface area contributed by atoms with Gasteiger partial charge in [0.1, 0.15) is 18.6 Å². The van der Waals surface area contributed by atoms with Gasteiger partial charge in [0, 0.05) is 19.5 Å². The molecule has 0 bridgehead atoms. The Morgan fingerprint density at radius 1 is 1.08 bits per heavy atom. The molecule has 0 unspecified atom stereocenters. The van der Waals surface area contributed by atoms with Crippen LogP contribution in [0.1, 0.15) is 48.9 Å². The van der Waals surface area contributed by atoms with E-state index in [2.05, 4.69) is 25.9 Å². The van der Waals surface area contributed by atoms with Crippen LogP contribution in [-0.2, 0) is 32.3 Å². The number of nitrogens with one attached hydrogen (secondary N) is 2. The topological polar surface area (TPSA) is 217 Å². The van der Waals surface area contributed by atoms with Gasteiger partial charge >= 0.3 is 18.1 Å². The van der Waals surface area contributed by atoms with E-state index in [1.807, 2.05) is 31.2 Å². The third-order valence-electron chi connectivity index (χ3n) is 6.99. The summed E-state index contributed by atoms with van der Waals surface area (Å²) in [6.07, 6.45) is -4.74. The van der Waals surface area contributed by atoms with E-state index in [1.165, 1.54) is 11.1 Å². The number of alkyl halides is 3. The van der Waals surface area contributed by atoms with Crippen molar-refractivity contribution in [3.8, 4) is 10.4 Å². The van der Waals surface area contributed by atoms with Gasteiger partial charge in [-0.05, 0) is 23.5 Å². The van der Waals surface area contributed by atoms with E-state index in [0.29, 0.717) is 0 Å². The van der Waals surface area contributed by atoms with E-state index < -0.39 is 66.0 Å². The third-order valence-corrected chi connectivity index (χ3v) is 7.97. The van der Waals surface area contributed by atoms with Crippen LogP contribution in [0.15, 0.2) is 36.0 Å². The Kier molecular flexibility index (Phi) is 12.0. The van der Waals surface area contributed by atoms with Crippen LogP contribution in [0.3, 0.4) is 0 Å². The lowest BCUT2D eigenvalue weighted by atomic mass is 9.85. The molecular formula is C29H34F3N7O8S. The average Bonchev–Trinajstić information content (AvgIpc) is 3.73. The van der Waals surface area contributed by atoms with Crippen LogP contribution < -0.4 is 10.6 Å². The molecule has 1 aliphatic rings. The highest BCUT2D eigenvalue weighted by Crippen LogP contribution is 2.28. The van der Waals surface area contributed by atoms with Crippen LogP contribution in [0.4, 0.5) is 13.2 Å². The van der Waals surface area contributed by atoms with Gasteiger partial charge in [0.25, 0.3) is 5.91 Å². The highest BCUT2D eigenvalue weighted by Gasteiger charge is 2.44. The number of benzene rings is 1. The van der Waals surface area contributed by atoms with Crippen molar-refractivity contribution in [2.24, 2.45) is 5.41 Å². The molecule has 4 rings (SSSR count). The summed E-state index contributed by atoms with van der Waals surface area (Å²) < 4.78 is 32.7. The Hall–Kier alpha value is -4.91. The Labute approximate surface area is 275 Å². The molecule has 1 saturated heterocycles. The number of carboxylic acid groups (broad SMARTS) is 2. The summed E-state index contributed by atoms with van der Waals surface area (Å²) in [7, 11) is 0. The van der Waals surface area contributed by atoms with Crippen molar-refractivity contribution in [2.75, 3.05) is 6.54 Å². The molecule has 0 aliphatic carbocycles. The smallest absolute Gasteiger partial charge is 0.480 e. The lowest BCUT2D eigenvalue weighted by molar-refractivity contribution is -0.192. The van der Waals surface area contributed by atoms with Crippen molar-refractivity contribution in [3.05, 3.63) is 52.9 Å². The minimum absolute atomic E-state index is 0.0585. The summed E-state index contributed by atoms with van der Waals surface area (Å²) in [5.74, 6) is -5.55. The zero-order chi connectivity index (χ0) is 36.0. The number of hydrogen-bond donors (Lipinski definition) is 5. The van der Waals surface area contributed by atoms with Crippen molar-refractivity contribution < 1.29 is 52.5 Å². The molecule has 19 heteroatoms. The highest BCUT2D eigenvalue weighted by molar-refractivity contribution is 7.13. The van der Waals surface area contributed by atoms with E-state index in [0.717, 1.165) is 26.4 Å². The maximum absolute atomic E-state index is 13.7. The van der Waals surface area contributed by atoms with Gasteiger partial charge in [0.15, 0.2) is 5.69 Å². The number of likely N-dealkylation sites (tertiary alicyclic amines) is 1. The molecule has 15 nitrogen and oxygen atoms in total. The molecule has 1 aliphatic heterocycles. The molecule has 1 aromatic carbocycles. The Bertz CT molecular complexity index is 1640. The first-order valence-electron chi connectivity index (χ1n) is 14.3. The number of aromatic nitrogens is 4. The number of carbonyl (C=O) groups is 5. The molecular weight excluding hydrogens is 663 g/mol. The predicted octanol–water partition coefficient (Wildman–Crippen LogP) is 1.85. The van der Waals surface area contributed by atoms with Crippen LogP contribution in [0.2, 0.25) is 0 Å². The fourth-order valence-corrected chi connectivity index (χ4v) is 5.42. The molecule has 3 aromatic rings. The molecule has 3 heterocycles. The number of carbonyl (C=O) groups excluding carboxylic acids is 3. The standard InChI is InChI=1S/C27H33N7O6S.C2HF3O2/c1-15-22(41-14-29-15)17-7-5-16(6-8-17)10-28-25(39)20-9-18(35)11-34(20)26(40)23(27(2,3)4)30-24(38)19-12-33(32-31-19)13-21(36)37;3-2(4,5)1(6)7/h5-8,12,14,18,20,23,35H,9-11,13H2,1-4H3,(H,28,39)(H,30,38)(H,36,37);(H,6,7)/t18-,20+,23+;/m1./s1. The third kappa shape index (κ3) is 10.0. The number of aryl methyl sites for hydroxylation is 1. The molecule has 3 atom stereocenters. The number of thiazole rings is 1. The van der Waals surface area contributed by atoms with Crippen LogP contribution in [0, 0.1) is 12.3 Å². The van der Waals surface area contributed by atoms with Gasteiger partial charge in [0.2, 0.25) is 11.8 Å². The summed E-state index contributed by atoms with van der Waals surface area (Å²) in [5, 5.41) is 39.3. The van der Waals surface area contributed by atoms with Crippen molar-refractivity contribution in [1.29, 1.82) is 0 Å². The molecule has 0 saturated carbocycles. The zero-order valence-corrected chi connectivity index (χ0v) is 27.0. The van der Waals surface area contributed by atoms with Crippen molar-refractivity contribution >= 4 is 41.0 Å². The highest BCUT2D eigenvalue weighted by atomic mass is 32.1. The second kappa shape index (κ2) is 15.3. The number of carboxylic acids is 2. The number of β-amino-alcohol motifs (C(OH)–C–C–N with tert-alkyl or cyclic N) is 1. The Morgan fingerprint density at radius 2 is 1.71 bits per heavy atom. The normalized spacial score (nSPS) is 16.8. The molecule has 0 radical (unpaired) electrons. The van der Waals surface area contributed by atoms with Gasteiger partial charge in [0.05, 0.1) is 28.4 Å². The molecule has 2 aromatic heterocycles. The van der Waals surface area contributed by atoms with Gasteiger partial charge in [-0.2, -0.15) is 13.2 Å². The lowest BCUT2D eigenvalue weighted by Gasteiger charge is -2.35. The van der Waals surface area contributed by atoms with Crippen LogP contribution in [-0.4, -0.2) is 101 Å². The number of hydrogen-bond acceptors (Lipinski definition) is 10. The fourth-order valence-electron chi connectivity index (χ4n) is 4.60. The summed E-state index contributed by atoms with van der Waals surface area (Å²) in [4.78, 5) is 66.3. The number of aliphatic hydroxyl groups is 1. The Balaban J connectivity index is 0.000000804. The zero-order valence-electron chi connectivity index (χ0n) is 26.2. The largest absolute Gasteiger partial charge is 0.490 e. The van der Waals surface area contributed by atoms with E-state index >= 15 is 0 Å². The second-order valence-corrected chi connectivity index (χ2v) is 12.7. The van der Waals surface area contributed by atoms with E-state index in [-0.39, 0.29) is 25.2 Å². The molecule has 0 spiro atoms. The monoisotopic (exact) mass is 697 g/mol. The number of aliphatic hydroxyl groups excluding tert-OH is 1. The maximum atomic E-state index is 13.7. The van der Waals surface area contributed by atoms with Gasteiger partial charge in [-0.25, -0.2) is 14.5 Å². The molecule has 260 valence electrons. The van der Waals surface area contributed by atoms with Crippen LogP contribution in [0.25, 0.3) is 10.4 Å². The molecule has 48 heavy (non-hydrogen) atoms. The lowest BCUT2D eigenvalue weighted by Crippen LogP contribution is -2.57. The first-order valence-corrected chi connectivity index (χ1v) is 15.1. The summed E-state index contributed by atoms with van der Waals surface area (Å²) in [6, 6.07) is 5.78. The first kappa shape index (κ1) is 37.5. The van der Waals surface area contributed by atoms with Gasteiger partial charge in [-0.3, -0.25) is 19.2 Å². The summed E-state index contributed by atoms with van der Waals surface area (Å²) in [5.41, 5.74) is 3.74. The summed E-state index contributed by atoms with van der Waals surface area (Å²) >= 11 is 1.56. The van der Waals surface area contributed by atoms with E-state index in [9.17, 15) is 37.5 Å². The van der Waals surface area contributed by atoms with E-state index in [1.54, 1.807) is 37.6 Å². The van der Waals surface area contributed by atoms with Crippen molar-refractivity contribution in [1.82, 2.24) is 35.5 Å². The number of nitrogens with zero attached hydrogens (tertiary/aromatic N) is 5. The number of amides is 3. The van der Waals surface area contributed by atoms with Gasteiger partial charge < -0.3 is 30.9 Å². The maximum Gasteiger partial charge on any atom is 0.490 e. The van der Waals surface area contributed by atoms with Crippen LogP contribution >= 0.6 is 11.3 Å². The number of halogens is 3. The number of rotatable bonds is 9. The Morgan fingerprint density at radius 3 is 2.23 bits per heavy atom. The van der Waals surface area contributed by atoms with Crippen molar-refractivity contribution in [2.45, 2.75) is 71.6 Å². The minimum Gasteiger partial charge on any atom is -0.480 e. The molecule has 3 amide bonds. The predicted molar refractivity (Wildman–Crippen MR) is 162 cm³/mol. The summed E-state index contributed by atoms with van der Waals surface area (Å²) in [6.45, 7) is 6.94. The molecule has 1 fully saturated rings. The van der Waals surface area contributed by atoms with E-state index in [4.69, 9.17) is 15.0 Å². The van der Waals surface area contributed by atoms with Crippen LogP contribution in [0.5, 0.6) is 0 Å². The minimum atomic E-state index is -5.08. The number of aliphatic carboxylic acids is 2. The second-order valence-electron chi connectivity index (χ2n) is 11.8. The molecule has 5 N–H and O–H groups in total. The average molecular weight is 698 g/mol. The van der Waals surface area contributed by atoms with Crippen molar-refractivity contribution in [3.63, 3.8) is 0 Å². The van der Waals surface area contributed by atoms with Gasteiger partial charge in [-0.15, -0.1) is 16.4 Å². The van der Waals surface area contributed by atoms with Gasteiger partial charge in [-0.1, -0.05) is 50.3 Å².